The first kappa shape index (κ1) is 44.9. The van der Waals surface area contributed by atoms with Gasteiger partial charge in [-0.2, -0.15) is 0 Å². The first-order valence-electron chi connectivity index (χ1n) is 18.6. The zero-order valence-electron chi connectivity index (χ0n) is 31.3. The molecule has 0 saturated carbocycles. The van der Waals surface area contributed by atoms with Crippen molar-refractivity contribution < 1.29 is 47.7 Å². The molecule has 0 aliphatic rings. The molecule has 0 aromatic heterocycles. The van der Waals surface area contributed by atoms with E-state index in [1.807, 2.05) is 0 Å². The third kappa shape index (κ3) is 23.0. The van der Waals surface area contributed by atoms with Crippen LogP contribution in [0.25, 0.3) is 0 Å². The highest BCUT2D eigenvalue weighted by molar-refractivity contribution is 6.01. The van der Waals surface area contributed by atoms with Gasteiger partial charge in [-0.25, -0.2) is 0 Å². The number of amides is 2. The average molecular weight is 720 g/mol. The number of nitrogens with zero attached hydrogens (tertiary/aromatic N) is 1. The Balaban J connectivity index is 3.12. The van der Waals surface area contributed by atoms with Gasteiger partial charge in [-0.3, -0.25) is 28.8 Å². The SMILES string of the molecule is CCCCCCCCCCNC(=O)c1cc(C(=O)NCCCCCCCCCC)cc(N(CC(=O)OCOC(C)=O)CC(=O)OCOC(C)=O)c1. The van der Waals surface area contributed by atoms with E-state index in [2.05, 4.69) is 34.0 Å². The van der Waals surface area contributed by atoms with E-state index in [0.29, 0.717) is 13.1 Å². The maximum Gasteiger partial charge on any atom is 0.328 e. The van der Waals surface area contributed by atoms with E-state index in [1.54, 1.807) is 0 Å². The maximum atomic E-state index is 13.3. The summed E-state index contributed by atoms with van der Waals surface area (Å²) < 4.78 is 19.3. The number of nitrogens with one attached hydrogen (secondary N) is 2. The highest BCUT2D eigenvalue weighted by Crippen LogP contribution is 2.21. The van der Waals surface area contributed by atoms with Crippen molar-refractivity contribution in [3.05, 3.63) is 29.3 Å². The van der Waals surface area contributed by atoms with Crippen molar-refractivity contribution in [3.63, 3.8) is 0 Å². The van der Waals surface area contributed by atoms with Gasteiger partial charge < -0.3 is 34.5 Å². The van der Waals surface area contributed by atoms with Gasteiger partial charge in [0.1, 0.15) is 13.1 Å². The molecule has 2 amide bonds. The van der Waals surface area contributed by atoms with Gasteiger partial charge in [0.05, 0.1) is 0 Å². The molecule has 13 heteroatoms. The predicted molar refractivity (Wildman–Crippen MR) is 194 cm³/mol. The zero-order valence-corrected chi connectivity index (χ0v) is 31.3. The minimum atomic E-state index is -0.853. The minimum Gasteiger partial charge on any atom is -0.428 e. The van der Waals surface area contributed by atoms with Gasteiger partial charge in [-0.15, -0.1) is 0 Å². The second-order valence-corrected chi connectivity index (χ2v) is 12.6. The molecule has 0 aliphatic carbocycles. The summed E-state index contributed by atoms with van der Waals surface area (Å²) in [6.07, 6.45) is 17.9. The Morgan fingerprint density at radius 3 is 1.22 bits per heavy atom. The van der Waals surface area contributed by atoms with Crippen LogP contribution in [-0.2, 0) is 38.1 Å². The Kier molecular flexibility index (Phi) is 25.1. The molecule has 1 rings (SSSR count). The third-order valence-electron chi connectivity index (χ3n) is 8.04. The van der Waals surface area contributed by atoms with Crippen LogP contribution in [0.2, 0.25) is 0 Å². The number of hydrogen-bond acceptors (Lipinski definition) is 11. The van der Waals surface area contributed by atoms with Crippen molar-refractivity contribution in [2.45, 2.75) is 130 Å². The maximum absolute atomic E-state index is 13.3. The second-order valence-electron chi connectivity index (χ2n) is 12.6. The lowest BCUT2D eigenvalue weighted by Crippen LogP contribution is -2.37. The monoisotopic (exact) mass is 719 g/mol. The van der Waals surface area contributed by atoms with Crippen LogP contribution in [0.5, 0.6) is 0 Å². The quantitative estimate of drug-likeness (QED) is 0.0537. The molecule has 0 bridgehead atoms. The van der Waals surface area contributed by atoms with Crippen molar-refractivity contribution in [2.24, 2.45) is 0 Å². The van der Waals surface area contributed by atoms with Crippen LogP contribution in [0.1, 0.15) is 151 Å². The molecule has 0 atom stereocenters. The molecule has 51 heavy (non-hydrogen) atoms. The standard InChI is InChI=1S/C38H61N3O10/c1-5-7-9-11-13-15-17-19-21-39-37(46)32-23-33(38(47)40-22-20-18-16-14-12-10-8-6-2)25-34(24-32)41(26-35(44)50-28-48-30(3)42)27-36(45)51-29-49-31(4)43/h23-25H,5-22,26-29H2,1-4H3,(H,39,46)(H,40,47). The number of esters is 4. The van der Waals surface area contributed by atoms with Crippen molar-refractivity contribution in [3.8, 4) is 0 Å². The molecule has 0 fully saturated rings. The highest BCUT2D eigenvalue weighted by Gasteiger charge is 2.22. The summed E-state index contributed by atoms with van der Waals surface area (Å²) in [5.41, 5.74) is 0.521. The Hall–Kier alpha value is -4.16. The number of ether oxygens (including phenoxy) is 4. The Morgan fingerprint density at radius 2 is 0.863 bits per heavy atom. The lowest BCUT2D eigenvalue weighted by atomic mass is 10.1. The van der Waals surface area contributed by atoms with E-state index in [0.717, 1.165) is 65.2 Å². The number of hydrogen-bond donors (Lipinski definition) is 2. The summed E-state index contributed by atoms with van der Waals surface area (Å²) in [7, 11) is 0. The summed E-state index contributed by atoms with van der Waals surface area (Å²) in [5.74, 6) is -3.83. The van der Waals surface area contributed by atoms with Gasteiger partial charge in [0, 0.05) is 43.8 Å². The van der Waals surface area contributed by atoms with E-state index in [1.165, 1.54) is 74.5 Å². The molecular weight excluding hydrogens is 658 g/mol. The van der Waals surface area contributed by atoms with Gasteiger partial charge >= 0.3 is 23.9 Å². The fourth-order valence-corrected chi connectivity index (χ4v) is 5.18. The summed E-state index contributed by atoms with van der Waals surface area (Å²) >= 11 is 0. The summed E-state index contributed by atoms with van der Waals surface area (Å²) in [6.45, 7) is 5.29. The number of rotatable bonds is 29. The first-order valence-corrected chi connectivity index (χ1v) is 18.6. The number of carbonyl (C=O) groups is 6. The van der Waals surface area contributed by atoms with Crippen LogP contribution >= 0.6 is 0 Å². The van der Waals surface area contributed by atoms with Crippen molar-refractivity contribution in [1.82, 2.24) is 10.6 Å². The number of anilines is 1. The number of benzene rings is 1. The number of unbranched alkanes of at least 4 members (excludes halogenated alkanes) is 14. The van der Waals surface area contributed by atoms with E-state index < -0.39 is 62.4 Å². The van der Waals surface area contributed by atoms with Crippen LogP contribution in [0.4, 0.5) is 5.69 Å². The van der Waals surface area contributed by atoms with E-state index in [9.17, 15) is 28.8 Å². The number of carbonyl (C=O) groups excluding carboxylic acids is 6. The third-order valence-corrected chi connectivity index (χ3v) is 8.04. The Morgan fingerprint density at radius 1 is 0.510 bits per heavy atom. The molecule has 1 aromatic rings. The highest BCUT2D eigenvalue weighted by atomic mass is 16.7. The Bertz CT molecular complexity index is 1120. The molecular formula is C38H61N3O10. The van der Waals surface area contributed by atoms with Gasteiger partial charge in [0.2, 0.25) is 13.6 Å². The lowest BCUT2D eigenvalue weighted by Gasteiger charge is -2.24. The first-order chi connectivity index (χ1) is 24.6. The van der Waals surface area contributed by atoms with Crippen molar-refractivity contribution in [2.75, 3.05) is 44.7 Å². The van der Waals surface area contributed by atoms with E-state index in [-0.39, 0.29) is 16.8 Å². The molecule has 13 nitrogen and oxygen atoms in total. The van der Waals surface area contributed by atoms with E-state index in [4.69, 9.17) is 9.47 Å². The van der Waals surface area contributed by atoms with Gasteiger partial charge in [-0.05, 0) is 31.0 Å². The minimum absolute atomic E-state index is 0.163. The Labute approximate surface area is 303 Å². The smallest absolute Gasteiger partial charge is 0.328 e. The van der Waals surface area contributed by atoms with E-state index >= 15 is 0 Å². The lowest BCUT2D eigenvalue weighted by molar-refractivity contribution is -0.165. The molecule has 0 aliphatic heterocycles. The summed E-state index contributed by atoms with van der Waals surface area (Å²) in [4.78, 5) is 75.6. The largest absolute Gasteiger partial charge is 0.428 e. The summed E-state index contributed by atoms with van der Waals surface area (Å²) in [6, 6.07) is 4.42. The van der Waals surface area contributed by atoms with Gasteiger partial charge in [0.15, 0.2) is 0 Å². The topological polar surface area (TPSA) is 167 Å². The normalized spacial score (nSPS) is 10.6. The summed E-state index contributed by atoms with van der Waals surface area (Å²) in [5, 5.41) is 5.83. The van der Waals surface area contributed by atoms with Crippen LogP contribution in [0, 0.1) is 0 Å². The zero-order chi connectivity index (χ0) is 37.7. The van der Waals surface area contributed by atoms with Gasteiger partial charge in [0.25, 0.3) is 11.8 Å². The van der Waals surface area contributed by atoms with Crippen LogP contribution in [0.15, 0.2) is 18.2 Å². The molecule has 0 unspecified atom stereocenters. The predicted octanol–water partition coefficient (Wildman–Crippen LogP) is 6.36. The molecule has 1 aromatic carbocycles. The molecule has 0 spiro atoms. The molecule has 0 radical (unpaired) electrons. The fourth-order valence-electron chi connectivity index (χ4n) is 5.18. The molecule has 2 N–H and O–H groups in total. The van der Waals surface area contributed by atoms with Gasteiger partial charge in [-0.1, -0.05) is 104 Å². The van der Waals surface area contributed by atoms with Crippen LogP contribution in [0.3, 0.4) is 0 Å². The van der Waals surface area contributed by atoms with Crippen LogP contribution in [-0.4, -0.2) is 75.5 Å². The molecule has 288 valence electrons. The van der Waals surface area contributed by atoms with Crippen molar-refractivity contribution >= 4 is 41.4 Å². The second kappa shape index (κ2) is 28.5. The fraction of sp³-hybridized carbons (Fsp3) is 0.684. The molecule has 0 saturated heterocycles. The van der Waals surface area contributed by atoms with Crippen molar-refractivity contribution in [1.29, 1.82) is 0 Å². The molecule has 0 heterocycles. The average Bonchev–Trinajstić information content (AvgIpc) is 3.09. The van der Waals surface area contributed by atoms with Crippen LogP contribution < -0.4 is 15.5 Å².